The lowest BCUT2D eigenvalue weighted by atomic mass is 10.1. The molecule has 0 bridgehead atoms. The molecule has 2 heterocycles. The van der Waals surface area contributed by atoms with Gasteiger partial charge in [-0.2, -0.15) is 0 Å². The molecule has 0 fully saturated rings. The van der Waals surface area contributed by atoms with Crippen molar-refractivity contribution >= 4 is 27.3 Å². The minimum Gasteiger partial charge on any atom is -0.759 e. The number of nitrogens with one attached hydrogen (secondary N) is 2. The largest absolute Gasteiger partial charge is 0.759 e. The number of carbonyl (C=O) groups is 1. The highest BCUT2D eigenvalue weighted by Gasteiger charge is 2.22. The second kappa shape index (κ2) is 11.0. The molecular formula is C23H23N6O5S2-. The molecule has 1 atom stereocenters. The lowest BCUT2D eigenvalue weighted by Gasteiger charge is -2.18. The van der Waals surface area contributed by atoms with Crippen molar-refractivity contribution in [3.63, 3.8) is 0 Å². The molecule has 13 heteroatoms. The molecule has 0 saturated heterocycles. The summed E-state index contributed by atoms with van der Waals surface area (Å²) in [7, 11) is -3.82. The van der Waals surface area contributed by atoms with Crippen molar-refractivity contribution in [2.24, 2.45) is 5.73 Å². The van der Waals surface area contributed by atoms with E-state index in [4.69, 9.17) is 5.73 Å². The molecule has 2 aromatic carbocycles. The fraction of sp³-hybridized carbons (Fsp3) is 0.174. The molecule has 11 nitrogen and oxygen atoms in total. The van der Waals surface area contributed by atoms with E-state index in [0.717, 1.165) is 27.3 Å². The molecule has 0 radical (unpaired) electrons. The Bertz CT molecular complexity index is 1430. The summed E-state index contributed by atoms with van der Waals surface area (Å²) in [5.74, 6) is -0.757. The Morgan fingerprint density at radius 1 is 1.08 bits per heavy atom. The number of phenols is 1. The molecule has 0 saturated carbocycles. The van der Waals surface area contributed by atoms with E-state index >= 15 is 0 Å². The van der Waals surface area contributed by atoms with E-state index in [0.29, 0.717) is 12.1 Å². The number of aromatic nitrogens is 3. The third-order valence-corrected chi connectivity index (χ3v) is 8.44. The highest BCUT2D eigenvalue weighted by Crippen LogP contribution is 2.31. The van der Waals surface area contributed by atoms with E-state index in [2.05, 4.69) is 15.0 Å². The second-order valence-corrected chi connectivity index (χ2v) is 11.0. The van der Waals surface area contributed by atoms with E-state index in [1.54, 1.807) is 18.2 Å². The Hall–Kier alpha value is -3.62. The van der Waals surface area contributed by atoms with Crippen LogP contribution < -0.4 is 15.9 Å². The monoisotopic (exact) mass is 527 g/mol. The van der Waals surface area contributed by atoms with E-state index in [9.17, 15) is 23.5 Å². The number of nitrogens with zero attached hydrogens (tertiary/aromatic N) is 3. The maximum atomic E-state index is 12.8. The Morgan fingerprint density at radius 3 is 2.44 bits per heavy atom. The van der Waals surface area contributed by atoms with Gasteiger partial charge in [-0.05, 0) is 41.0 Å². The van der Waals surface area contributed by atoms with Crippen molar-refractivity contribution in [3.8, 4) is 16.2 Å². The standard InChI is InChI=1S/C23H23N6O5S2/c24-12-16-1-5-17(6-2-16)21-9-10-22(35-21)36(33,34)25-13-18-14-29(28-26-18)20(23(31)27-32)11-15-3-7-19(30)8-4-15/h1-10,14,20,25H,11-13,24H2,(H2-,26,27,28,30,31,32)/q-1/t20-/m0/s1. The zero-order valence-electron chi connectivity index (χ0n) is 18.9. The molecule has 0 aliphatic heterocycles. The summed E-state index contributed by atoms with van der Waals surface area (Å²) in [6.45, 7) is 0.268. The number of hydroxylamine groups is 1. The van der Waals surface area contributed by atoms with Crippen LogP contribution in [0.4, 0.5) is 0 Å². The lowest BCUT2D eigenvalue weighted by Crippen LogP contribution is -2.30. The van der Waals surface area contributed by atoms with Gasteiger partial charge in [0.15, 0.2) is 0 Å². The number of sulfonamides is 1. The number of phenolic OH excluding ortho intramolecular Hbond substituents is 1. The Balaban J connectivity index is 1.44. The van der Waals surface area contributed by atoms with Crippen LogP contribution in [0.25, 0.3) is 10.4 Å². The van der Waals surface area contributed by atoms with Crippen LogP contribution in [0.2, 0.25) is 0 Å². The summed E-state index contributed by atoms with van der Waals surface area (Å²) in [6, 6.07) is 16.0. The topological polar surface area (TPSA) is 175 Å². The van der Waals surface area contributed by atoms with E-state index in [-0.39, 0.29) is 28.6 Å². The number of rotatable bonds is 10. The van der Waals surface area contributed by atoms with Gasteiger partial charge in [-0.1, -0.05) is 41.6 Å². The molecule has 0 aliphatic rings. The van der Waals surface area contributed by atoms with Crippen molar-refractivity contribution in [2.45, 2.75) is 29.8 Å². The van der Waals surface area contributed by atoms with Crippen LogP contribution in [0.1, 0.15) is 22.9 Å². The van der Waals surface area contributed by atoms with Crippen molar-refractivity contribution < 1.29 is 18.3 Å². The van der Waals surface area contributed by atoms with E-state index < -0.39 is 22.0 Å². The molecule has 0 aliphatic carbocycles. The maximum Gasteiger partial charge on any atom is 0.250 e. The molecule has 5 N–H and O–H groups in total. The number of amides is 1. The molecular weight excluding hydrogens is 504 g/mol. The predicted octanol–water partition coefficient (Wildman–Crippen LogP) is 2.05. The van der Waals surface area contributed by atoms with Crippen LogP contribution in [0.15, 0.2) is 71.1 Å². The first kappa shape index (κ1) is 25.5. The van der Waals surface area contributed by atoms with Crippen molar-refractivity contribution in [1.82, 2.24) is 25.2 Å². The smallest absolute Gasteiger partial charge is 0.250 e. The number of nitrogens with two attached hydrogens (primary N) is 1. The highest BCUT2D eigenvalue weighted by molar-refractivity contribution is 7.91. The average Bonchev–Trinajstić information content (AvgIpc) is 3.58. The summed E-state index contributed by atoms with van der Waals surface area (Å²) in [4.78, 5) is 13.0. The van der Waals surface area contributed by atoms with E-state index in [1.807, 2.05) is 24.3 Å². The normalized spacial score (nSPS) is 12.4. The third kappa shape index (κ3) is 5.95. The molecule has 1 amide bonds. The average molecular weight is 528 g/mol. The number of hydrogen-bond donors (Lipinski definition) is 4. The Morgan fingerprint density at radius 2 is 1.78 bits per heavy atom. The van der Waals surface area contributed by atoms with Crippen LogP contribution in [-0.4, -0.2) is 34.4 Å². The Kier molecular flexibility index (Phi) is 7.76. The van der Waals surface area contributed by atoms with Crippen molar-refractivity contribution in [1.29, 1.82) is 0 Å². The van der Waals surface area contributed by atoms with Crippen LogP contribution in [-0.2, 0) is 34.3 Å². The molecule has 4 aromatic rings. The first-order valence-electron chi connectivity index (χ1n) is 10.8. The Labute approximate surface area is 211 Å². The zero-order valence-corrected chi connectivity index (χ0v) is 20.5. The first-order chi connectivity index (χ1) is 17.3. The minimum absolute atomic E-state index is 0.0706. The van der Waals surface area contributed by atoms with Crippen LogP contribution in [0, 0.1) is 5.21 Å². The summed E-state index contributed by atoms with van der Waals surface area (Å²) < 4.78 is 29.5. The fourth-order valence-electron chi connectivity index (χ4n) is 3.44. The first-order valence-corrected chi connectivity index (χ1v) is 13.1. The van der Waals surface area contributed by atoms with Gasteiger partial charge in [0, 0.05) is 17.8 Å². The molecule has 188 valence electrons. The van der Waals surface area contributed by atoms with Crippen molar-refractivity contribution in [2.75, 3.05) is 0 Å². The van der Waals surface area contributed by atoms with Gasteiger partial charge in [0.1, 0.15) is 16.0 Å². The summed E-state index contributed by atoms with van der Waals surface area (Å²) in [5.41, 5.74) is 9.80. The summed E-state index contributed by atoms with van der Waals surface area (Å²) in [6.07, 6.45) is 1.52. The number of hydrogen-bond acceptors (Lipinski definition) is 9. The molecule has 0 unspecified atom stereocenters. The highest BCUT2D eigenvalue weighted by atomic mass is 32.2. The number of carbonyl (C=O) groups excluding carboxylic acids is 1. The summed E-state index contributed by atoms with van der Waals surface area (Å²) >= 11 is 1.13. The van der Waals surface area contributed by atoms with Gasteiger partial charge in [0.25, 0.3) is 0 Å². The summed E-state index contributed by atoms with van der Waals surface area (Å²) in [5, 5.41) is 28.3. The predicted molar refractivity (Wildman–Crippen MR) is 134 cm³/mol. The van der Waals surface area contributed by atoms with Gasteiger partial charge in [0.2, 0.25) is 15.9 Å². The molecule has 4 rings (SSSR count). The van der Waals surface area contributed by atoms with E-state index in [1.165, 1.54) is 34.6 Å². The van der Waals surface area contributed by atoms with Crippen LogP contribution in [0.3, 0.4) is 0 Å². The van der Waals surface area contributed by atoms with Crippen molar-refractivity contribution in [3.05, 3.63) is 88.9 Å². The van der Waals surface area contributed by atoms with Gasteiger partial charge in [-0.15, -0.1) is 16.4 Å². The fourth-order valence-corrected chi connectivity index (χ4v) is 5.80. The SMILES string of the molecule is NCc1ccc(-c2ccc(S(=O)(=O)NCc3cn([C@@H](Cc4ccc(O)cc4)C(=O)N[O-])nn3)s2)cc1. The zero-order chi connectivity index (χ0) is 25.7. The maximum absolute atomic E-state index is 12.8. The minimum atomic E-state index is -3.82. The van der Waals surface area contributed by atoms with Crippen LogP contribution >= 0.6 is 11.3 Å². The number of thiophene rings is 1. The van der Waals surface area contributed by atoms with Gasteiger partial charge in [-0.25, -0.2) is 17.8 Å². The third-order valence-electron chi connectivity index (χ3n) is 5.41. The molecule has 0 spiro atoms. The van der Waals surface area contributed by atoms with Gasteiger partial charge in [-0.3, -0.25) is 4.79 Å². The van der Waals surface area contributed by atoms with Gasteiger partial charge >= 0.3 is 0 Å². The quantitative estimate of drug-likeness (QED) is 0.227. The van der Waals surface area contributed by atoms with Gasteiger partial charge in [0.05, 0.1) is 18.4 Å². The number of aromatic hydroxyl groups is 1. The lowest BCUT2D eigenvalue weighted by molar-refractivity contribution is -0.123. The van der Waals surface area contributed by atoms with Crippen LogP contribution in [0.5, 0.6) is 5.75 Å². The van der Waals surface area contributed by atoms with Gasteiger partial charge < -0.3 is 21.5 Å². The second-order valence-electron chi connectivity index (χ2n) is 7.89. The molecule has 36 heavy (non-hydrogen) atoms. The molecule has 2 aromatic heterocycles. The number of benzene rings is 2.